The molecular weight excluding hydrogens is 336 g/mol. The fraction of sp³-hybridized carbons (Fsp3) is 0.0526. The topological polar surface area (TPSA) is 91.6 Å². The molecule has 0 radical (unpaired) electrons. The first kappa shape index (κ1) is 17.1. The van der Waals surface area contributed by atoms with Crippen molar-refractivity contribution < 1.29 is 19.2 Å². The van der Waals surface area contributed by atoms with Gasteiger partial charge >= 0.3 is 11.7 Å². The first-order valence-electron chi connectivity index (χ1n) is 7.64. The molecule has 0 spiro atoms. The van der Waals surface area contributed by atoms with E-state index in [0.29, 0.717) is 11.1 Å². The van der Waals surface area contributed by atoms with Gasteiger partial charge in [0, 0.05) is 23.7 Å². The number of pyridine rings is 1. The largest absolute Gasteiger partial charge is 0.497 e. The zero-order valence-electron chi connectivity index (χ0n) is 13.8. The Morgan fingerprint density at radius 1 is 1.19 bits per heavy atom. The van der Waals surface area contributed by atoms with Gasteiger partial charge in [0.2, 0.25) is 5.75 Å². The van der Waals surface area contributed by atoms with Gasteiger partial charge in [-0.1, -0.05) is 18.2 Å². The Bertz CT molecular complexity index is 1010. The van der Waals surface area contributed by atoms with Crippen LogP contribution in [0.25, 0.3) is 17.0 Å². The first-order chi connectivity index (χ1) is 12.6. The summed E-state index contributed by atoms with van der Waals surface area (Å²) in [7, 11) is 1.55. The molecule has 0 saturated carbocycles. The van der Waals surface area contributed by atoms with Crippen molar-refractivity contribution in [3.05, 3.63) is 76.5 Å². The predicted molar refractivity (Wildman–Crippen MR) is 96.1 cm³/mol. The molecule has 0 amide bonds. The van der Waals surface area contributed by atoms with Crippen molar-refractivity contribution in [2.45, 2.75) is 0 Å². The van der Waals surface area contributed by atoms with Crippen molar-refractivity contribution in [1.82, 2.24) is 4.98 Å². The van der Waals surface area contributed by atoms with Crippen LogP contribution in [0.4, 0.5) is 5.69 Å². The molecule has 0 saturated heterocycles. The summed E-state index contributed by atoms with van der Waals surface area (Å²) in [4.78, 5) is 26.9. The van der Waals surface area contributed by atoms with Gasteiger partial charge in [-0.05, 0) is 35.9 Å². The zero-order valence-corrected chi connectivity index (χ0v) is 13.8. The molecule has 3 aromatic rings. The van der Waals surface area contributed by atoms with Crippen molar-refractivity contribution >= 4 is 28.6 Å². The number of esters is 1. The molecule has 0 unspecified atom stereocenters. The summed E-state index contributed by atoms with van der Waals surface area (Å²) in [5.74, 6) is -0.267. The van der Waals surface area contributed by atoms with Gasteiger partial charge in [0.1, 0.15) is 11.3 Å². The van der Waals surface area contributed by atoms with E-state index >= 15 is 0 Å². The minimum atomic E-state index is -0.742. The van der Waals surface area contributed by atoms with E-state index in [1.807, 2.05) is 0 Å². The summed E-state index contributed by atoms with van der Waals surface area (Å²) in [6.45, 7) is 0. The van der Waals surface area contributed by atoms with Crippen LogP contribution < -0.4 is 9.47 Å². The number of benzene rings is 2. The number of nitrogens with zero attached hydrogens (tertiary/aromatic N) is 2. The summed E-state index contributed by atoms with van der Waals surface area (Å²) in [5, 5.41) is 11.9. The molecule has 3 rings (SSSR count). The third kappa shape index (κ3) is 3.67. The lowest BCUT2D eigenvalue weighted by Crippen LogP contribution is -2.07. The molecule has 7 heteroatoms. The lowest BCUT2D eigenvalue weighted by molar-refractivity contribution is -0.385. The third-order valence-corrected chi connectivity index (χ3v) is 3.61. The SMILES string of the molecule is COc1cccc(/C=C/C(=O)Oc2c([N+](=O)[O-])ccc3cccnc23)c1. The Labute approximate surface area is 148 Å². The van der Waals surface area contributed by atoms with Crippen LogP contribution in [-0.4, -0.2) is 23.0 Å². The second-order valence-corrected chi connectivity index (χ2v) is 5.28. The smallest absolute Gasteiger partial charge is 0.336 e. The van der Waals surface area contributed by atoms with E-state index < -0.39 is 10.9 Å². The van der Waals surface area contributed by atoms with E-state index in [1.54, 1.807) is 49.6 Å². The number of carbonyl (C=O) groups excluding carboxylic acids is 1. The fourth-order valence-corrected chi connectivity index (χ4v) is 2.40. The summed E-state index contributed by atoms with van der Waals surface area (Å²) < 4.78 is 10.4. The van der Waals surface area contributed by atoms with Crippen LogP contribution in [0.15, 0.2) is 60.8 Å². The van der Waals surface area contributed by atoms with E-state index in [1.165, 1.54) is 24.4 Å². The number of methoxy groups -OCH3 is 1. The quantitative estimate of drug-likeness (QED) is 0.229. The maximum atomic E-state index is 12.2. The van der Waals surface area contributed by atoms with Crippen LogP contribution in [0.5, 0.6) is 11.5 Å². The highest BCUT2D eigenvalue weighted by Crippen LogP contribution is 2.34. The van der Waals surface area contributed by atoms with Crippen LogP contribution in [-0.2, 0) is 4.79 Å². The van der Waals surface area contributed by atoms with Crippen LogP contribution in [0.1, 0.15) is 5.56 Å². The second kappa shape index (κ2) is 7.43. The number of hydrogen-bond donors (Lipinski definition) is 0. The maximum Gasteiger partial charge on any atom is 0.336 e. The van der Waals surface area contributed by atoms with E-state index in [2.05, 4.69) is 4.98 Å². The molecule has 2 aromatic carbocycles. The molecule has 1 heterocycles. The highest BCUT2D eigenvalue weighted by Gasteiger charge is 2.21. The van der Waals surface area contributed by atoms with E-state index in [0.717, 1.165) is 5.56 Å². The van der Waals surface area contributed by atoms with Gasteiger partial charge in [0.15, 0.2) is 0 Å². The van der Waals surface area contributed by atoms with Gasteiger partial charge in [0.25, 0.3) is 0 Å². The Balaban J connectivity index is 1.90. The predicted octanol–water partition coefficient (Wildman–Crippen LogP) is 3.77. The molecule has 0 atom stereocenters. The van der Waals surface area contributed by atoms with Gasteiger partial charge in [-0.25, -0.2) is 4.79 Å². The van der Waals surface area contributed by atoms with Gasteiger partial charge in [-0.3, -0.25) is 15.1 Å². The normalized spacial score (nSPS) is 10.8. The average Bonchev–Trinajstić information content (AvgIpc) is 2.66. The van der Waals surface area contributed by atoms with E-state index in [4.69, 9.17) is 9.47 Å². The second-order valence-electron chi connectivity index (χ2n) is 5.28. The van der Waals surface area contributed by atoms with Crippen molar-refractivity contribution in [2.75, 3.05) is 7.11 Å². The van der Waals surface area contributed by atoms with Crippen molar-refractivity contribution in [2.24, 2.45) is 0 Å². The van der Waals surface area contributed by atoms with Crippen LogP contribution in [0.3, 0.4) is 0 Å². The summed E-state index contributed by atoms with van der Waals surface area (Å²) >= 11 is 0. The monoisotopic (exact) mass is 350 g/mol. The Kier molecular flexibility index (Phi) is 4.89. The summed E-state index contributed by atoms with van der Waals surface area (Å²) in [5.41, 5.74) is 0.663. The molecule has 0 bridgehead atoms. The number of nitro groups is 1. The Morgan fingerprint density at radius 2 is 2.04 bits per heavy atom. The lowest BCUT2D eigenvalue weighted by Gasteiger charge is -2.06. The molecule has 130 valence electrons. The molecule has 1 aromatic heterocycles. The van der Waals surface area contributed by atoms with Crippen LogP contribution >= 0.6 is 0 Å². The average molecular weight is 350 g/mol. The van der Waals surface area contributed by atoms with Crippen molar-refractivity contribution in [3.63, 3.8) is 0 Å². The van der Waals surface area contributed by atoms with Gasteiger partial charge < -0.3 is 9.47 Å². The van der Waals surface area contributed by atoms with Gasteiger partial charge in [-0.15, -0.1) is 0 Å². The van der Waals surface area contributed by atoms with Crippen molar-refractivity contribution in [1.29, 1.82) is 0 Å². The van der Waals surface area contributed by atoms with Crippen molar-refractivity contribution in [3.8, 4) is 11.5 Å². The molecule has 26 heavy (non-hydrogen) atoms. The molecule has 0 aliphatic rings. The number of nitro benzene ring substituents is 1. The zero-order chi connectivity index (χ0) is 18.5. The number of rotatable bonds is 5. The Hall–Kier alpha value is -3.74. The van der Waals surface area contributed by atoms with E-state index in [9.17, 15) is 14.9 Å². The number of ether oxygens (including phenoxy) is 2. The number of hydrogen-bond acceptors (Lipinski definition) is 6. The minimum Gasteiger partial charge on any atom is -0.497 e. The van der Waals surface area contributed by atoms with Crippen LogP contribution in [0, 0.1) is 10.1 Å². The molecule has 7 nitrogen and oxygen atoms in total. The number of fused-ring (bicyclic) bond motifs is 1. The first-order valence-corrected chi connectivity index (χ1v) is 7.64. The third-order valence-electron chi connectivity index (χ3n) is 3.61. The highest BCUT2D eigenvalue weighted by molar-refractivity contribution is 5.94. The lowest BCUT2D eigenvalue weighted by atomic mass is 10.2. The minimum absolute atomic E-state index is 0.173. The maximum absolute atomic E-state index is 12.2. The molecule has 0 aliphatic carbocycles. The number of aromatic nitrogens is 1. The molecule has 0 aliphatic heterocycles. The van der Waals surface area contributed by atoms with E-state index in [-0.39, 0.29) is 17.0 Å². The van der Waals surface area contributed by atoms with Gasteiger partial charge in [0.05, 0.1) is 12.0 Å². The molecular formula is C19H14N2O5. The Morgan fingerprint density at radius 3 is 2.81 bits per heavy atom. The fourth-order valence-electron chi connectivity index (χ4n) is 2.40. The highest BCUT2D eigenvalue weighted by atomic mass is 16.6. The summed E-state index contributed by atoms with van der Waals surface area (Å²) in [6, 6.07) is 13.4. The van der Waals surface area contributed by atoms with Crippen LogP contribution in [0.2, 0.25) is 0 Å². The number of carbonyl (C=O) groups is 1. The standard InChI is InChI=1S/C19H14N2O5/c1-25-15-6-2-4-13(12-15)7-10-17(22)26-19-16(21(23)24)9-8-14-5-3-11-20-18(14)19/h2-12H,1H3/b10-7+. The molecule has 0 N–H and O–H groups in total. The summed E-state index contributed by atoms with van der Waals surface area (Å²) in [6.07, 6.45) is 4.21. The van der Waals surface area contributed by atoms with Gasteiger partial charge in [-0.2, -0.15) is 0 Å². The molecule has 0 fully saturated rings.